The number of nitrogens with one attached hydrogen (secondary N) is 1. The second kappa shape index (κ2) is 10.2. The summed E-state index contributed by atoms with van der Waals surface area (Å²) in [5, 5.41) is 0.761. The van der Waals surface area contributed by atoms with Crippen LogP contribution in [0.1, 0.15) is 38.8 Å². The molecule has 8 nitrogen and oxygen atoms in total. The maximum Gasteiger partial charge on any atom is 0.240 e. The summed E-state index contributed by atoms with van der Waals surface area (Å²) in [5.74, 6) is 2.54. The first-order chi connectivity index (χ1) is 17.0. The minimum Gasteiger partial charge on any atom is -0.496 e. The molecule has 0 fully saturated rings. The van der Waals surface area contributed by atoms with E-state index in [0.29, 0.717) is 6.54 Å². The van der Waals surface area contributed by atoms with Crippen LogP contribution in [0.2, 0.25) is 0 Å². The molecule has 0 bridgehead atoms. The highest BCUT2D eigenvalue weighted by Crippen LogP contribution is 2.36. The van der Waals surface area contributed by atoms with E-state index in [1.54, 1.807) is 32.4 Å². The van der Waals surface area contributed by atoms with Gasteiger partial charge in [0.05, 0.1) is 36.3 Å². The lowest BCUT2D eigenvalue weighted by atomic mass is 9.97. The lowest BCUT2D eigenvalue weighted by Crippen LogP contribution is -2.36. The predicted molar refractivity (Wildman–Crippen MR) is 142 cm³/mol. The number of sulfonamides is 1. The van der Waals surface area contributed by atoms with Crippen molar-refractivity contribution in [3.8, 4) is 11.5 Å². The van der Waals surface area contributed by atoms with Gasteiger partial charge >= 0.3 is 0 Å². The molecule has 2 aromatic carbocycles. The molecule has 1 aromatic heterocycles. The molecular formula is C27H35N3O5S. The van der Waals surface area contributed by atoms with E-state index in [0.717, 1.165) is 46.7 Å². The molecule has 0 saturated heterocycles. The number of hydrogen-bond donors (Lipinski definition) is 1. The Hall–Kier alpha value is -2.88. The molecule has 1 aliphatic rings. The van der Waals surface area contributed by atoms with Gasteiger partial charge in [-0.3, -0.25) is 0 Å². The summed E-state index contributed by atoms with van der Waals surface area (Å²) in [4.78, 5) is 7.23. The summed E-state index contributed by atoms with van der Waals surface area (Å²) in [7, 11) is -0.316. The van der Waals surface area contributed by atoms with Gasteiger partial charge in [0.1, 0.15) is 17.3 Å². The SMILES string of the molecule is COc1ccc(OC)c2c1CCN(c1ccc3cc(S(=O)(=O)NCC(C)OC(C)(C)C)ccc3n1)C2. The van der Waals surface area contributed by atoms with Crippen molar-refractivity contribution < 1.29 is 22.6 Å². The van der Waals surface area contributed by atoms with Gasteiger partial charge in [0.15, 0.2) is 0 Å². The van der Waals surface area contributed by atoms with Crippen LogP contribution >= 0.6 is 0 Å². The van der Waals surface area contributed by atoms with Crippen molar-refractivity contribution in [2.24, 2.45) is 0 Å². The Balaban J connectivity index is 1.53. The zero-order valence-electron chi connectivity index (χ0n) is 21.8. The third-order valence-corrected chi connectivity index (χ3v) is 7.58. The monoisotopic (exact) mass is 513 g/mol. The van der Waals surface area contributed by atoms with E-state index in [2.05, 4.69) is 9.62 Å². The van der Waals surface area contributed by atoms with Gasteiger partial charge in [-0.2, -0.15) is 0 Å². The van der Waals surface area contributed by atoms with Gasteiger partial charge in [-0.1, -0.05) is 0 Å². The van der Waals surface area contributed by atoms with Gasteiger partial charge in [0, 0.05) is 36.1 Å². The Morgan fingerprint density at radius 1 is 1.03 bits per heavy atom. The van der Waals surface area contributed by atoms with E-state index in [9.17, 15) is 8.42 Å². The van der Waals surface area contributed by atoms with Crippen molar-refractivity contribution in [3.05, 3.63) is 53.6 Å². The van der Waals surface area contributed by atoms with Crippen LogP contribution in [0.25, 0.3) is 10.9 Å². The summed E-state index contributed by atoms with van der Waals surface area (Å²) < 4.78 is 45.3. The van der Waals surface area contributed by atoms with Gasteiger partial charge in [0.25, 0.3) is 0 Å². The molecule has 1 atom stereocenters. The molecule has 0 spiro atoms. The Labute approximate surface area is 213 Å². The van der Waals surface area contributed by atoms with E-state index < -0.39 is 10.0 Å². The Bertz CT molecular complexity index is 1350. The topological polar surface area (TPSA) is 90.0 Å². The van der Waals surface area contributed by atoms with Crippen molar-refractivity contribution in [2.45, 2.75) is 57.3 Å². The maximum absolute atomic E-state index is 12.9. The first kappa shape index (κ1) is 26.2. The first-order valence-electron chi connectivity index (χ1n) is 12.1. The van der Waals surface area contributed by atoms with Crippen LogP contribution in [-0.4, -0.2) is 52.4 Å². The van der Waals surface area contributed by atoms with E-state index in [1.807, 2.05) is 52.0 Å². The van der Waals surface area contributed by atoms with Gasteiger partial charge in [-0.15, -0.1) is 0 Å². The molecule has 194 valence electrons. The van der Waals surface area contributed by atoms with Gasteiger partial charge in [-0.25, -0.2) is 18.1 Å². The second-order valence-electron chi connectivity index (χ2n) is 10.0. The minimum atomic E-state index is -3.67. The minimum absolute atomic E-state index is 0.194. The number of hydrogen-bond acceptors (Lipinski definition) is 7. The summed E-state index contributed by atoms with van der Waals surface area (Å²) in [6.07, 6.45) is 0.563. The van der Waals surface area contributed by atoms with E-state index >= 15 is 0 Å². The number of ether oxygens (including phenoxy) is 3. The molecule has 0 radical (unpaired) electrons. The molecule has 3 aromatic rings. The van der Waals surface area contributed by atoms with Crippen LogP contribution in [0.3, 0.4) is 0 Å². The fourth-order valence-electron chi connectivity index (χ4n) is 4.58. The van der Waals surface area contributed by atoms with Crippen molar-refractivity contribution in [2.75, 3.05) is 32.2 Å². The highest BCUT2D eigenvalue weighted by atomic mass is 32.2. The normalized spacial score (nSPS) is 15.0. The fourth-order valence-corrected chi connectivity index (χ4v) is 5.73. The van der Waals surface area contributed by atoms with Crippen LogP contribution < -0.4 is 19.1 Å². The standard InChI is InChI=1S/C27H35N3O5S/c1-18(35-27(2,3)4)16-28-36(31,32)20-8-9-23-19(15-20)7-12-26(29-23)30-14-13-21-22(17-30)25(34-6)11-10-24(21)33-5/h7-12,15,18,28H,13-14,16-17H2,1-6H3. The Morgan fingerprint density at radius 2 is 1.72 bits per heavy atom. The second-order valence-corrected chi connectivity index (χ2v) is 11.8. The largest absolute Gasteiger partial charge is 0.496 e. The van der Waals surface area contributed by atoms with Gasteiger partial charge in [0.2, 0.25) is 10.0 Å². The molecule has 4 rings (SSSR count). The molecule has 0 saturated carbocycles. The first-order valence-corrected chi connectivity index (χ1v) is 13.5. The van der Waals surface area contributed by atoms with Crippen LogP contribution in [0, 0.1) is 0 Å². The van der Waals surface area contributed by atoms with Crippen molar-refractivity contribution in [1.29, 1.82) is 0 Å². The molecule has 1 unspecified atom stereocenters. The zero-order valence-corrected chi connectivity index (χ0v) is 22.6. The lowest BCUT2D eigenvalue weighted by molar-refractivity contribution is -0.0480. The Kier molecular flexibility index (Phi) is 7.45. The molecule has 9 heteroatoms. The number of fused-ring (bicyclic) bond motifs is 2. The molecule has 1 N–H and O–H groups in total. The molecule has 0 amide bonds. The lowest BCUT2D eigenvalue weighted by Gasteiger charge is -2.31. The van der Waals surface area contributed by atoms with Crippen LogP contribution in [0.5, 0.6) is 11.5 Å². The highest BCUT2D eigenvalue weighted by Gasteiger charge is 2.24. The number of rotatable bonds is 8. The van der Waals surface area contributed by atoms with Gasteiger partial charge < -0.3 is 19.1 Å². The molecule has 0 aliphatic carbocycles. The average Bonchev–Trinajstić information content (AvgIpc) is 2.85. The van der Waals surface area contributed by atoms with E-state index in [1.165, 1.54) is 5.56 Å². The molecule has 36 heavy (non-hydrogen) atoms. The smallest absolute Gasteiger partial charge is 0.240 e. The van der Waals surface area contributed by atoms with Crippen LogP contribution in [0.15, 0.2) is 47.4 Å². The summed E-state index contributed by atoms with van der Waals surface area (Å²) in [6.45, 7) is 9.32. The van der Waals surface area contributed by atoms with Crippen molar-refractivity contribution in [3.63, 3.8) is 0 Å². The van der Waals surface area contributed by atoms with Gasteiger partial charge in [-0.05, 0) is 76.6 Å². The number of pyridine rings is 1. The maximum atomic E-state index is 12.9. The quantitative estimate of drug-likeness (QED) is 0.480. The number of benzene rings is 2. The van der Waals surface area contributed by atoms with Crippen LogP contribution in [0.4, 0.5) is 5.82 Å². The fraction of sp³-hybridized carbons (Fsp3) is 0.444. The highest BCUT2D eigenvalue weighted by molar-refractivity contribution is 7.89. The Morgan fingerprint density at radius 3 is 2.39 bits per heavy atom. The van der Waals surface area contributed by atoms with E-state index in [-0.39, 0.29) is 23.1 Å². The number of nitrogens with zero attached hydrogens (tertiary/aromatic N) is 2. The predicted octanol–water partition coefficient (Wildman–Crippen LogP) is 4.30. The number of aromatic nitrogens is 1. The van der Waals surface area contributed by atoms with Crippen molar-refractivity contribution >= 4 is 26.7 Å². The summed E-state index contributed by atoms with van der Waals surface area (Å²) in [5.41, 5.74) is 2.66. The average molecular weight is 514 g/mol. The van der Waals surface area contributed by atoms with E-state index in [4.69, 9.17) is 19.2 Å². The third kappa shape index (κ3) is 5.74. The zero-order chi connectivity index (χ0) is 26.1. The third-order valence-electron chi connectivity index (χ3n) is 6.16. The van der Waals surface area contributed by atoms with Crippen molar-refractivity contribution in [1.82, 2.24) is 9.71 Å². The number of anilines is 1. The summed E-state index contributed by atoms with van der Waals surface area (Å²) >= 11 is 0. The molecular weight excluding hydrogens is 478 g/mol. The summed E-state index contributed by atoms with van der Waals surface area (Å²) in [6, 6.07) is 12.7. The molecule has 1 aliphatic heterocycles. The van der Waals surface area contributed by atoms with Crippen LogP contribution in [-0.2, 0) is 27.7 Å². The number of methoxy groups -OCH3 is 2. The molecule has 2 heterocycles.